The third-order valence-electron chi connectivity index (χ3n) is 6.68. The van der Waals surface area contributed by atoms with Crippen molar-refractivity contribution in [2.45, 2.75) is 25.7 Å². The molecule has 0 atom stereocenters. The number of nitrogens with one attached hydrogen (secondary N) is 1. The highest BCUT2D eigenvalue weighted by molar-refractivity contribution is 7.89. The van der Waals surface area contributed by atoms with E-state index in [0.29, 0.717) is 13.1 Å². The molecule has 5 rings (SSSR count). The van der Waals surface area contributed by atoms with Gasteiger partial charge in [0.05, 0.1) is 27.9 Å². The predicted molar refractivity (Wildman–Crippen MR) is 129 cm³/mol. The van der Waals surface area contributed by atoms with Gasteiger partial charge in [-0.3, -0.25) is 0 Å². The summed E-state index contributed by atoms with van der Waals surface area (Å²) in [7, 11) is -3.71. The van der Waals surface area contributed by atoms with Gasteiger partial charge in [-0.05, 0) is 56.7 Å². The fraction of sp³-hybridized carbons (Fsp3) is 0.360. The van der Waals surface area contributed by atoms with Crippen LogP contribution in [0.25, 0.3) is 22.2 Å². The molecule has 3 heterocycles. The molecular formula is C25H27N5O2S. The zero-order valence-corrected chi connectivity index (χ0v) is 19.7. The first kappa shape index (κ1) is 21.5. The zero-order chi connectivity index (χ0) is 23.6. The van der Waals surface area contributed by atoms with Crippen LogP contribution < -0.4 is 4.90 Å². The number of nitriles is 2. The standard InChI is InChI=1S/C25H25N5O2S.H2/c1-17-4-5-18-9-22(28-21(18)8-17)20-10-19(33(31,32)30-15-25(3,12-27)16-30)6-7-23(20)29-13-24(2,11-26)14-29;/h4-10,28H,13-16H2,1-3H3;1H. The van der Waals surface area contributed by atoms with Crippen LogP contribution in [0.1, 0.15) is 20.8 Å². The van der Waals surface area contributed by atoms with Crippen molar-refractivity contribution in [1.82, 2.24) is 9.29 Å². The van der Waals surface area contributed by atoms with E-state index in [1.807, 2.05) is 38.1 Å². The number of sulfonamides is 1. The molecule has 2 saturated heterocycles. The summed E-state index contributed by atoms with van der Waals surface area (Å²) in [5, 5.41) is 19.8. The number of anilines is 1. The van der Waals surface area contributed by atoms with Gasteiger partial charge in [0.1, 0.15) is 0 Å². The molecule has 1 aromatic heterocycles. The number of fused-ring (bicyclic) bond motifs is 1. The van der Waals surface area contributed by atoms with Crippen molar-refractivity contribution in [3.8, 4) is 23.4 Å². The lowest BCUT2D eigenvalue weighted by atomic mass is 9.83. The molecule has 3 aromatic rings. The van der Waals surface area contributed by atoms with Crippen LogP contribution in [-0.4, -0.2) is 43.9 Å². The Morgan fingerprint density at radius 2 is 1.64 bits per heavy atom. The van der Waals surface area contributed by atoms with Crippen LogP contribution in [0.3, 0.4) is 0 Å². The highest BCUT2D eigenvalue weighted by Crippen LogP contribution is 2.42. The summed E-state index contributed by atoms with van der Waals surface area (Å²) in [5.74, 6) is 0. The van der Waals surface area contributed by atoms with E-state index in [1.54, 1.807) is 19.1 Å². The largest absolute Gasteiger partial charge is 0.368 e. The minimum absolute atomic E-state index is 0. The van der Waals surface area contributed by atoms with Crippen LogP contribution >= 0.6 is 0 Å². The number of hydrogen-bond acceptors (Lipinski definition) is 5. The molecule has 0 bridgehead atoms. The first-order valence-corrected chi connectivity index (χ1v) is 12.3. The number of nitrogens with zero attached hydrogens (tertiary/aromatic N) is 4. The van der Waals surface area contributed by atoms with Gasteiger partial charge in [0.25, 0.3) is 0 Å². The molecule has 1 N–H and O–H groups in total. The van der Waals surface area contributed by atoms with Crippen molar-refractivity contribution in [1.29, 1.82) is 10.5 Å². The molecular weight excluding hydrogens is 434 g/mol. The summed E-state index contributed by atoms with van der Waals surface area (Å²) in [5.41, 5.74) is 3.60. The minimum atomic E-state index is -3.71. The van der Waals surface area contributed by atoms with Crippen LogP contribution in [0.2, 0.25) is 0 Å². The van der Waals surface area contributed by atoms with Crippen molar-refractivity contribution in [2.24, 2.45) is 10.8 Å². The van der Waals surface area contributed by atoms with Crippen LogP contribution in [0.4, 0.5) is 5.69 Å². The van der Waals surface area contributed by atoms with Gasteiger partial charge < -0.3 is 9.88 Å². The molecule has 0 unspecified atom stereocenters. The summed E-state index contributed by atoms with van der Waals surface area (Å²) in [6.07, 6.45) is 0. The monoisotopic (exact) mass is 461 g/mol. The number of aromatic amines is 1. The Kier molecular flexibility index (Phi) is 4.62. The molecule has 8 heteroatoms. The van der Waals surface area contributed by atoms with Crippen molar-refractivity contribution in [3.05, 3.63) is 48.0 Å². The van der Waals surface area contributed by atoms with Gasteiger partial charge in [-0.25, -0.2) is 8.42 Å². The van der Waals surface area contributed by atoms with Crippen molar-refractivity contribution >= 4 is 26.6 Å². The number of aromatic nitrogens is 1. The van der Waals surface area contributed by atoms with E-state index >= 15 is 0 Å². The average molecular weight is 462 g/mol. The molecule has 33 heavy (non-hydrogen) atoms. The lowest BCUT2D eigenvalue weighted by Gasteiger charge is -2.46. The molecule has 0 spiro atoms. The molecule has 2 aliphatic heterocycles. The summed E-state index contributed by atoms with van der Waals surface area (Å²) in [4.78, 5) is 5.77. The summed E-state index contributed by atoms with van der Waals surface area (Å²) < 4.78 is 27.9. The number of aryl methyl sites for hydroxylation is 1. The Labute approximate surface area is 195 Å². The number of benzene rings is 2. The SMILES string of the molecule is Cc1ccc2cc(-c3cc(S(=O)(=O)N4CC(C)(C#N)C4)ccc3N3CC(C)(C#N)C3)[nH]c2c1.[HH]. The van der Waals surface area contributed by atoms with E-state index in [1.165, 1.54) is 4.31 Å². The second-order valence-electron chi connectivity index (χ2n) is 9.93. The molecule has 0 saturated carbocycles. The second kappa shape index (κ2) is 7.08. The van der Waals surface area contributed by atoms with E-state index in [-0.39, 0.29) is 19.4 Å². The Hall–Kier alpha value is -3.33. The highest BCUT2D eigenvalue weighted by atomic mass is 32.2. The van der Waals surface area contributed by atoms with Crippen molar-refractivity contribution in [3.63, 3.8) is 0 Å². The molecule has 170 valence electrons. The molecule has 0 radical (unpaired) electrons. The third-order valence-corrected chi connectivity index (χ3v) is 8.47. The van der Waals surface area contributed by atoms with E-state index < -0.39 is 20.9 Å². The molecule has 7 nitrogen and oxygen atoms in total. The maximum atomic E-state index is 13.3. The Bertz CT molecular complexity index is 1470. The number of hydrogen-bond donors (Lipinski definition) is 1. The molecule has 2 aromatic carbocycles. The number of rotatable bonds is 4. The van der Waals surface area contributed by atoms with Crippen molar-refractivity contribution < 1.29 is 9.84 Å². The summed E-state index contributed by atoms with van der Waals surface area (Å²) in [6, 6.07) is 17.9. The lowest BCUT2D eigenvalue weighted by molar-refractivity contribution is 0.149. The van der Waals surface area contributed by atoms with Gasteiger partial charge in [-0.1, -0.05) is 12.1 Å². The third kappa shape index (κ3) is 3.47. The highest BCUT2D eigenvalue weighted by Gasteiger charge is 2.46. The molecule has 0 aliphatic carbocycles. The maximum Gasteiger partial charge on any atom is 0.243 e. The summed E-state index contributed by atoms with van der Waals surface area (Å²) >= 11 is 0. The van der Waals surface area contributed by atoms with Crippen molar-refractivity contribution in [2.75, 3.05) is 31.1 Å². The first-order valence-electron chi connectivity index (χ1n) is 10.9. The molecule has 2 aliphatic rings. The Morgan fingerprint density at radius 1 is 0.970 bits per heavy atom. The molecule has 0 amide bonds. The number of H-pyrrole nitrogens is 1. The average Bonchev–Trinajstić information content (AvgIpc) is 3.17. The van der Waals surface area contributed by atoms with E-state index in [9.17, 15) is 18.9 Å². The van der Waals surface area contributed by atoms with Gasteiger partial charge in [-0.15, -0.1) is 0 Å². The van der Waals surface area contributed by atoms with Gasteiger partial charge in [0.2, 0.25) is 10.0 Å². The quantitative estimate of drug-likeness (QED) is 0.625. The fourth-order valence-electron chi connectivity index (χ4n) is 4.71. The van der Waals surface area contributed by atoms with Crippen LogP contribution in [-0.2, 0) is 10.0 Å². The zero-order valence-electron chi connectivity index (χ0n) is 18.9. The van der Waals surface area contributed by atoms with Gasteiger partial charge >= 0.3 is 0 Å². The van der Waals surface area contributed by atoms with Gasteiger partial charge in [-0.2, -0.15) is 14.8 Å². The minimum Gasteiger partial charge on any atom is -0.368 e. The Balaban J connectivity index is 0.00000274. The van der Waals surface area contributed by atoms with Gasteiger partial charge in [0, 0.05) is 55.5 Å². The van der Waals surface area contributed by atoms with E-state index in [4.69, 9.17) is 0 Å². The lowest BCUT2D eigenvalue weighted by Crippen LogP contribution is -2.56. The normalized spacial score (nSPS) is 19.4. The Morgan fingerprint density at radius 3 is 2.30 bits per heavy atom. The van der Waals surface area contributed by atoms with E-state index in [0.717, 1.165) is 33.4 Å². The topological polar surface area (TPSA) is 104 Å². The fourth-order valence-corrected chi connectivity index (χ4v) is 6.43. The predicted octanol–water partition coefficient (Wildman–Crippen LogP) is 4.27. The van der Waals surface area contributed by atoms with Crippen LogP contribution in [0.5, 0.6) is 0 Å². The molecule has 2 fully saturated rings. The second-order valence-corrected chi connectivity index (χ2v) is 11.9. The maximum absolute atomic E-state index is 13.3. The van der Waals surface area contributed by atoms with Crippen LogP contribution in [0, 0.1) is 40.4 Å². The van der Waals surface area contributed by atoms with Gasteiger partial charge in [0.15, 0.2) is 0 Å². The summed E-state index contributed by atoms with van der Waals surface area (Å²) in [6.45, 7) is 7.31. The smallest absolute Gasteiger partial charge is 0.243 e. The first-order chi connectivity index (χ1) is 15.6. The van der Waals surface area contributed by atoms with E-state index in [2.05, 4.69) is 28.1 Å². The van der Waals surface area contributed by atoms with Crippen LogP contribution in [0.15, 0.2) is 47.4 Å².